The lowest BCUT2D eigenvalue weighted by atomic mass is 10.1. The van der Waals surface area contributed by atoms with Crippen molar-refractivity contribution in [3.8, 4) is 0 Å². The molecule has 0 amide bonds. The molecule has 0 bridgehead atoms. The predicted molar refractivity (Wildman–Crippen MR) is 94.7 cm³/mol. The van der Waals surface area contributed by atoms with Gasteiger partial charge in [-0.1, -0.05) is 23.8 Å². The minimum atomic E-state index is -0.961. The number of aromatic amines is 2. The molecule has 2 rings (SSSR count). The lowest BCUT2D eigenvalue weighted by Crippen LogP contribution is -2.43. The number of nitrogens with one attached hydrogen (secondary N) is 5. The molecule has 0 aliphatic heterocycles. The minimum Gasteiger partial charge on any atom is -0.382 e. The van der Waals surface area contributed by atoms with E-state index in [2.05, 4.69) is 39.0 Å². The van der Waals surface area contributed by atoms with Gasteiger partial charge in [0.1, 0.15) is 17.7 Å². The molecule has 1 aromatic carbocycles. The Morgan fingerprint density at radius 2 is 2.26 bits per heavy atom. The van der Waals surface area contributed by atoms with E-state index in [-0.39, 0.29) is 23.6 Å². The van der Waals surface area contributed by atoms with Crippen LogP contribution in [0, 0.1) is 6.92 Å². The van der Waals surface area contributed by atoms with E-state index in [0.29, 0.717) is 5.70 Å². The molecule has 23 heavy (non-hydrogen) atoms. The first-order chi connectivity index (χ1) is 11.0. The number of hydrazine groups is 1. The average Bonchev–Trinajstić information content (AvgIpc) is 2.84. The average molecular weight is 336 g/mol. The van der Waals surface area contributed by atoms with Crippen molar-refractivity contribution in [1.82, 2.24) is 21.0 Å². The zero-order valence-electron chi connectivity index (χ0n) is 12.6. The lowest BCUT2D eigenvalue weighted by molar-refractivity contribution is 0.140. The van der Waals surface area contributed by atoms with E-state index in [9.17, 15) is 9.90 Å². The van der Waals surface area contributed by atoms with Crippen molar-refractivity contribution in [1.29, 1.82) is 0 Å². The van der Waals surface area contributed by atoms with Crippen LogP contribution in [0.5, 0.6) is 0 Å². The number of rotatable bonds is 7. The summed E-state index contributed by atoms with van der Waals surface area (Å²) in [5, 5.41) is 19.1. The van der Waals surface area contributed by atoms with Crippen LogP contribution < -0.4 is 27.5 Å². The third-order valence-electron chi connectivity index (χ3n) is 3.11. The Kier molecular flexibility index (Phi) is 5.74. The van der Waals surface area contributed by atoms with E-state index in [1.165, 1.54) is 0 Å². The van der Waals surface area contributed by atoms with Crippen molar-refractivity contribution in [2.75, 3.05) is 17.6 Å². The summed E-state index contributed by atoms with van der Waals surface area (Å²) in [4.78, 5) is 11.4. The van der Waals surface area contributed by atoms with Gasteiger partial charge in [-0.15, -0.1) is 12.6 Å². The fourth-order valence-electron chi connectivity index (χ4n) is 1.95. The maximum absolute atomic E-state index is 11.4. The Balaban J connectivity index is 1.88. The summed E-state index contributed by atoms with van der Waals surface area (Å²) in [5.74, 6) is 0.186. The van der Waals surface area contributed by atoms with E-state index in [1.807, 2.05) is 31.2 Å². The van der Waals surface area contributed by atoms with Crippen molar-refractivity contribution in [2.24, 2.45) is 0 Å². The molecule has 0 aliphatic rings. The second kappa shape index (κ2) is 7.77. The normalized spacial score (nSPS) is 12.9. The highest BCUT2D eigenvalue weighted by atomic mass is 32.1. The fourth-order valence-corrected chi connectivity index (χ4v) is 2.16. The van der Waals surface area contributed by atoms with Crippen LogP contribution in [0.1, 0.15) is 11.1 Å². The van der Waals surface area contributed by atoms with Crippen LogP contribution in [0.4, 0.5) is 11.5 Å². The molecule has 8 N–H and O–H groups in total. The summed E-state index contributed by atoms with van der Waals surface area (Å²) in [7, 11) is 0. The van der Waals surface area contributed by atoms with Gasteiger partial charge in [-0.25, -0.2) is 5.43 Å². The van der Waals surface area contributed by atoms with Gasteiger partial charge in [-0.2, -0.15) is 0 Å². The molecule has 2 aromatic rings. The van der Waals surface area contributed by atoms with Crippen LogP contribution in [0.3, 0.4) is 0 Å². The van der Waals surface area contributed by atoms with E-state index in [1.54, 1.807) is 5.41 Å². The standard InChI is InChI=1S/C14H20N6O2S/c1-8-3-2-4-9(5-8)10(7-23)17-18-11(21)6-16-12-13(15)19-20-14(12)22/h2-5,7,11,16-18,21,23H,6H2,1H3,(H4,15,19,20,22)/b10-7-. The van der Waals surface area contributed by atoms with Crippen molar-refractivity contribution >= 4 is 29.8 Å². The Bertz CT molecular complexity index is 739. The van der Waals surface area contributed by atoms with Crippen molar-refractivity contribution in [2.45, 2.75) is 13.2 Å². The quantitative estimate of drug-likeness (QED) is 0.209. The molecule has 0 spiro atoms. The van der Waals surface area contributed by atoms with Gasteiger partial charge in [0.15, 0.2) is 0 Å². The van der Waals surface area contributed by atoms with Gasteiger partial charge in [0.25, 0.3) is 5.56 Å². The first kappa shape index (κ1) is 17.0. The highest BCUT2D eigenvalue weighted by Gasteiger charge is 2.10. The molecule has 9 heteroatoms. The van der Waals surface area contributed by atoms with Gasteiger partial charge in [0.05, 0.1) is 12.2 Å². The summed E-state index contributed by atoms with van der Waals surface area (Å²) in [6.07, 6.45) is -0.961. The first-order valence-electron chi connectivity index (χ1n) is 6.92. The monoisotopic (exact) mass is 336 g/mol. The summed E-state index contributed by atoms with van der Waals surface area (Å²) in [5.41, 5.74) is 13.7. The molecular weight excluding hydrogens is 316 g/mol. The van der Waals surface area contributed by atoms with Crippen molar-refractivity contribution < 1.29 is 5.11 Å². The Morgan fingerprint density at radius 3 is 2.87 bits per heavy atom. The number of nitrogen functional groups attached to an aromatic ring is 1. The first-order valence-corrected chi connectivity index (χ1v) is 7.44. The highest BCUT2D eigenvalue weighted by Crippen LogP contribution is 2.13. The highest BCUT2D eigenvalue weighted by molar-refractivity contribution is 7.83. The molecule has 1 atom stereocenters. The molecular formula is C14H20N6O2S. The third kappa shape index (κ3) is 4.55. The topological polar surface area (TPSA) is 131 Å². The molecule has 1 heterocycles. The van der Waals surface area contributed by atoms with E-state index in [0.717, 1.165) is 11.1 Å². The smallest absolute Gasteiger partial charge is 0.289 e. The second-order valence-corrected chi connectivity index (χ2v) is 5.20. The van der Waals surface area contributed by atoms with E-state index in [4.69, 9.17) is 5.73 Å². The Morgan fingerprint density at radius 1 is 1.48 bits per heavy atom. The molecule has 0 radical (unpaired) electrons. The van der Waals surface area contributed by atoms with Crippen LogP contribution in [0.15, 0.2) is 34.5 Å². The zero-order chi connectivity index (χ0) is 16.8. The number of benzene rings is 1. The number of hydrogen-bond acceptors (Lipinski definition) is 7. The molecule has 0 saturated carbocycles. The molecule has 0 fully saturated rings. The Labute approximate surface area is 138 Å². The van der Waals surface area contributed by atoms with Gasteiger partial charge in [-0.05, 0) is 24.0 Å². The van der Waals surface area contributed by atoms with E-state index < -0.39 is 6.23 Å². The van der Waals surface area contributed by atoms with E-state index >= 15 is 0 Å². The van der Waals surface area contributed by atoms with Crippen LogP contribution in [0.25, 0.3) is 5.70 Å². The van der Waals surface area contributed by atoms with Gasteiger partial charge in [0, 0.05) is 0 Å². The van der Waals surface area contributed by atoms with Gasteiger partial charge in [0.2, 0.25) is 0 Å². The van der Waals surface area contributed by atoms with Gasteiger partial charge in [-0.3, -0.25) is 15.0 Å². The molecule has 0 aliphatic carbocycles. The zero-order valence-corrected chi connectivity index (χ0v) is 13.4. The summed E-state index contributed by atoms with van der Waals surface area (Å²) in [6, 6.07) is 7.84. The fraction of sp³-hybridized carbons (Fsp3) is 0.214. The van der Waals surface area contributed by atoms with Crippen molar-refractivity contribution in [3.63, 3.8) is 0 Å². The molecule has 8 nitrogen and oxygen atoms in total. The minimum absolute atomic E-state index is 0.0752. The number of aryl methyl sites for hydroxylation is 1. The maximum atomic E-state index is 11.4. The molecule has 0 saturated heterocycles. The van der Waals surface area contributed by atoms with Crippen LogP contribution in [-0.4, -0.2) is 28.1 Å². The predicted octanol–water partition coefficient (Wildman–Crippen LogP) is 0.347. The largest absolute Gasteiger partial charge is 0.382 e. The second-order valence-electron chi connectivity index (χ2n) is 4.95. The number of aromatic nitrogens is 2. The van der Waals surface area contributed by atoms with Crippen LogP contribution in [-0.2, 0) is 0 Å². The van der Waals surface area contributed by atoms with Crippen LogP contribution in [0.2, 0.25) is 0 Å². The molecule has 1 unspecified atom stereocenters. The SMILES string of the molecule is Cc1cccc(/C(=C/S)NNC(O)CNc2c(N)[nH][nH]c2=O)c1. The molecule has 124 valence electrons. The number of anilines is 2. The Hall–Kier alpha value is -2.36. The van der Waals surface area contributed by atoms with Crippen LogP contribution >= 0.6 is 12.6 Å². The number of aliphatic hydroxyl groups excluding tert-OH is 1. The number of hydrogen-bond donors (Lipinski definition) is 8. The maximum Gasteiger partial charge on any atom is 0.289 e. The third-order valence-corrected chi connectivity index (χ3v) is 3.37. The summed E-state index contributed by atoms with van der Waals surface area (Å²) < 4.78 is 0. The number of thiol groups is 1. The van der Waals surface area contributed by atoms with Gasteiger partial charge < -0.3 is 21.6 Å². The number of aliphatic hydroxyl groups is 1. The van der Waals surface area contributed by atoms with Crippen molar-refractivity contribution in [3.05, 3.63) is 51.2 Å². The van der Waals surface area contributed by atoms with Gasteiger partial charge >= 0.3 is 0 Å². The number of nitrogens with two attached hydrogens (primary N) is 1. The molecule has 1 aromatic heterocycles. The summed E-state index contributed by atoms with van der Waals surface area (Å²) in [6.45, 7) is 2.07. The number of H-pyrrole nitrogens is 2. The summed E-state index contributed by atoms with van der Waals surface area (Å²) >= 11 is 4.16. The lowest BCUT2D eigenvalue weighted by Gasteiger charge is -2.17.